The van der Waals surface area contributed by atoms with Gasteiger partial charge in [0.25, 0.3) is 5.91 Å². The number of hydrogen-bond acceptors (Lipinski definition) is 3. The molecule has 5 heteroatoms. The molecule has 0 aliphatic heterocycles. The van der Waals surface area contributed by atoms with Crippen LogP contribution in [0, 0.1) is 0 Å². The predicted octanol–water partition coefficient (Wildman–Crippen LogP) is 3.08. The molecular formula is C16H19N3O2. The van der Waals surface area contributed by atoms with Crippen LogP contribution in [0.25, 0.3) is 0 Å². The fourth-order valence-corrected chi connectivity index (χ4v) is 2.10. The maximum atomic E-state index is 12.3. The van der Waals surface area contributed by atoms with Gasteiger partial charge in [0.15, 0.2) is 11.4 Å². The van der Waals surface area contributed by atoms with Crippen molar-refractivity contribution in [3.8, 4) is 5.75 Å². The summed E-state index contributed by atoms with van der Waals surface area (Å²) in [6, 6.07) is 11.2. The molecule has 0 bridgehead atoms. The van der Waals surface area contributed by atoms with E-state index in [0.29, 0.717) is 17.5 Å². The number of aromatic amines is 1. The SMILES string of the molecule is CC(C)(Oc1ccccc1)C(=O)Nc1cc(C2CC2)[nH]n1. The Morgan fingerprint density at radius 3 is 2.71 bits per heavy atom. The first-order valence-corrected chi connectivity index (χ1v) is 7.15. The zero-order chi connectivity index (χ0) is 14.9. The van der Waals surface area contributed by atoms with Gasteiger partial charge in [-0.15, -0.1) is 0 Å². The van der Waals surface area contributed by atoms with Crippen LogP contribution in [0.2, 0.25) is 0 Å². The standard InChI is InChI=1S/C16H19N3O2/c1-16(2,21-12-6-4-3-5-7-12)15(20)17-14-10-13(18-19-14)11-8-9-11/h3-7,10-11H,8-9H2,1-2H3,(H2,17,18,19,20). The van der Waals surface area contributed by atoms with Crippen LogP contribution in [0.3, 0.4) is 0 Å². The summed E-state index contributed by atoms with van der Waals surface area (Å²) in [6.45, 7) is 3.48. The maximum Gasteiger partial charge on any atom is 0.269 e. The van der Waals surface area contributed by atoms with E-state index < -0.39 is 5.60 Å². The number of benzene rings is 1. The summed E-state index contributed by atoms with van der Waals surface area (Å²) in [4.78, 5) is 12.3. The highest BCUT2D eigenvalue weighted by Gasteiger charge is 2.31. The zero-order valence-corrected chi connectivity index (χ0v) is 12.2. The van der Waals surface area contributed by atoms with E-state index in [1.807, 2.05) is 36.4 Å². The van der Waals surface area contributed by atoms with E-state index in [-0.39, 0.29) is 5.91 Å². The molecule has 5 nitrogen and oxygen atoms in total. The Morgan fingerprint density at radius 2 is 2.05 bits per heavy atom. The molecule has 2 N–H and O–H groups in total. The van der Waals surface area contributed by atoms with E-state index >= 15 is 0 Å². The summed E-state index contributed by atoms with van der Waals surface area (Å²) in [5.41, 5.74) is 0.118. The Hall–Kier alpha value is -2.30. The van der Waals surface area contributed by atoms with Crippen molar-refractivity contribution >= 4 is 11.7 Å². The topological polar surface area (TPSA) is 67.0 Å². The average molecular weight is 285 g/mol. The van der Waals surface area contributed by atoms with Gasteiger partial charge in [-0.1, -0.05) is 18.2 Å². The van der Waals surface area contributed by atoms with E-state index in [0.717, 1.165) is 5.69 Å². The number of carbonyl (C=O) groups is 1. The van der Waals surface area contributed by atoms with Crippen molar-refractivity contribution in [3.05, 3.63) is 42.1 Å². The highest BCUT2D eigenvalue weighted by Crippen LogP contribution is 2.39. The molecule has 21 heavy (non-hydrogen) atoms. The van der Waals surface area contributed by atoms with Gasteiger partial charge in [-0.3, -0.25) is 9.89 Å². The molecular weight excluding hydrogens is 266 g/mol. The monoisotopic (exact) mass is 285 g/mol. The fourth-order valence-electron chi connectivity index (χ4n) is 2.10. The van der Waals surface area contributed by atoms with Gasteiger partial charge in [0, 0.05) is 17.7 Å². The van der Waals surface area contributed by atoms with Crippen LogP contribution in [-0.4, -0.2) is 21.7 Å². The molecule has 1 heterocycles. The molecule has 1 saturated carbocycles. The quantitative estimate of drug-likeness (QED) is 0.887. The van der Waals surface area contributed by atoms with Crippen LogP contribution in [0.4, 0.5) is 5.82 Å². The molecule has 1 amide bonds. The molecule has 1 fully saturated rings. The van der Waals surface area contributed by atoms with E-state index in [2.05, 4.69) is 15.5 Å². The zero-order valence-electron chi connectivity index (χ0n) is 12.2. The van der Waals surface area contributed by atoms with Gasteiger partial charge < -0.3 is 10.1 Å². The molecule has 3 rings (SSSR count). The molecule has 1 aromatic heterocycles. The van der Waals surface area contributed by atoms with Crippen molar-refractivity contribution < 1.29 is 9.53 Å². The third kappa shape index (κ3) is 3.24. The molecule has 0 radical (unpaired) electrons. The van der Waals surface area contributed by atoms with Crippen molar-refractivity contribution in [2.45, 2.75) is 38.2 Å². The Kier molecular flexibility index (Phi) is 3.41. The first-order valence-electron chi connectivity index (χ1n) is 7.15. The van der Waals surface area contributed by atoms with Crippen LogP contribution in [0.1, 0.15) is 38.3 Å². The summed E-state index contributed by atoms with van der Waals surface area (Å²) in [5.74, 6) is 1.57. The van der Waals surface area contributed by atoms with Gasteiger partial charge in [0.1, 0.15) is 5.75 Å². The first-order chi connectivity index (χ1) is 10.0. The number of nitrogens with zero attached hydrogens (tertiary/aromatic N) is 1. The van der Waals surface area contributed by atoms with E-state index in [9.17, 15) is 4.79 Å². The third-order valence-corrected chi connectivity index (χ3v) is 3.52. The number of para-hydroxylation sites is 1. The van der Waals surface area contributed by atoms with Gasteiger partial charge in [0.05, 0.1) is 0 Å². The lowest BCUT2D eigenvalue weighted by molar-refractivity contribution is -0.128. The van der Waals surface area contributed by atoms with Gasteiger partial charge in [-0.2, -0.15) is 5.10 Å². The molecule has 2 aromatic rings. The summed E-state index contributed by atoms with van der Waals surface area (Å²) in [6.07, 6.45) is 2.39. The number of amides is 1. The largest absolute Gasteiger partial charge is 0.478 e. The van der Waals surface area contributed by atoms with Gasteiger partial charge in [-0.05, 0) is 38.8 Å². The molecule has 1 aliphatic carbocycles. The Balaban J connectivity index is 1.65. The van der Waals surface area contributed by atoms with Crippen LogP contribution >= 0.6 is 0 Å². The van der Waals surface area contributed by atoms with Gasteiger partial charge in [-0.25, -0.2) is 0 Å². The first kappa shape index (κ1) is 13.7. The number of nitrogens with one attached hydrogen (secondary N) is 2. The molecule has 1 aromatic carbocycles. The van der Waals surface area contributed by atoms with Crippen molar-refractivity contribution in [2.75, 3.05) is 5.32 Å². The van der Waals surface area contributed by atoms with Crippen LogP contribution < -0.4 is 10.1 Å². The number of anilines is 1. The number of carbonyl (C=O) groups excluding carboxylic acids is 1. The highest BCUT2D eigenvalue weighted by atomic mass is 16.5. The van der Waals surface area contributed by atoms with Crippen LogP contribution in [-0.2, 0) is 4.79 Å². The van der Waals surface area contributed by atoms with Crippen LogP contribution in [0.5, 0.6) is 5.75 Å². The van der Waals surface area contributed by atoms with Crippen molar-refractivity contribution in [1.82, 2.24) is 10.2 Å². The second-order valence-corrected chi connectivity index (χ2v) is 5.86. The summed E-state index contributed by atoms with van der Waals surface area (Å²) >= 11 is 0. The van der Waals surface area contributed by atoms with E-state index in [1.165, 1.54) is 12.8 Å². The molecule has 1 aliphatic rings. The van der Waals surface area contributed by atoms with Gasteiger partial charge in [0.2, 0.25) is 0 Å². The summed E-state index contributed by atoms with van der Waals surface area (Å²) in [5, 5.41) is 9.89. The lowest BCUT2D eigenvalue weighted by Crippen LogP contribution is -2.42. The Bertz CT molecular complexity index is 630. The minimum absolute atomic E-state index is 0.222. The second kappa shape index (κ2) is 5.24. The molecule has 0 atom stereocenters. The van der Waals surface area contributed by atoms with Crippen molar-refractivity contribution in [2.24, 2.45) is 0 Å². The van der Waals surface area contributed by atoms with Crippen LogP contribution in [0.15, 0.2) is 36.4 Å². The molecule has 0 saturated heterocycles. The second-order valence-electron chi connectivity index (χ2n) is 5.86. The number of hydrogen-bond donors (Lipinski definition) is 2. The van der Waals surface area contributed by atoms with E-state index in [4.69, 9.17) is 4.74 Å². The number of ether oxygens (including phenoxy) is 1. The highest BCUT2D eigenvalue weighted by molar-refractivity contribution is 5.96. The molecule has 0 spiro atoms. The van der Waals surface area contributed by atoms with Gasteiger partial charge >= 0.3 is 0 Å². The lowest BCUT2D eigenvalue weighted by Gasteiger charge is -2.24. The van der Waals surface area contributed by atoms with Crippen molar-refractivity contribution in [3.63, 3.8) is 0 Å². The predicted molar refractivity (Wildman–Crippen MR) is 80.3 cm³/mol. The smallest absolute Gasteiger partial charge is 0.269 e. The summed E-state index contributed by atoms with van der Waals surface area (Å²) < 4.78 is 5.75. The Morgan fingerprint density at radius 1 is 1.33 bits per heavy atom. The molecule has 110 valence electrons. The number of rotatable bonds is 5. The lowest BCUT2D eigenvalue weighted by atomic mass is 10.1. The van der Waals surface area contributed by atoms with E-state index in [1.54, 1.807) is 13.8 Å². The third-order valence-electron chi connectivity index (χ3n) is 3.52. The number of H-pyrrole nitrogens is 1. The van der Waals surface area contributed by atoms with Crippen molar-refractivity contribution in [1.29, 1.82) is 0 Å². The summed E-state index contributed by atoms with van der Waals surface area (Å²) in [7, 11) is 0. The molecule has 0 unspecified atom stereocenters. The number of aromatic nitrogens is 2. The minimum atomic E-state index is -0.972. The minimum Gasteiger partial charge on any atom is -0.478 e. The average Bonchev–Trinajstić information content (AvgIpc) is 3.20. The normalized spacial score (nSPS) is 14.8. The Labute approximate surface area is 123 Å². The fraction of sp³-hybridized carbons (Fsp3) is 0.375. The maximum absolute atomic E-state index is 12.3.